The quantitative estimate of drug-likeness (QED) is 0.647. The number of H-pyrrole nitrogens is 1. The lowest BCUT2D eigenvalue weighted by Crippen LogP contribution is -2.41. The molecular weight excluding hydrogens is 214 g/mol. The number of hydrogen-bond donors (Lipinski definition) is 3. The van der Waals surface area contributed by atoms with Crippen molar-refractivity contribution in [2.75, 3.05) is 13.6 Å². The van der Waals surface area contributed by atoms with E-state index in [4.69, 9.17) is 5.11 Å². The molecule has 0 radical (unpaired) electrons. The monoisotopic (exact) mass is 227 g/mol. The van der Waals surface area contributed by atoms with E-state index in [2.05, 4.69) is 20.5 Å². The third kappa shape index (κ3) is 3.23. The van der Waals surface area contributed by atoms with E-state index in [0.717, 1.165) is 4.90 Å². The van der Waals surface area contributed by atoms with Gasteiger partial charge in [0.2, 0.25) is 0 Å². The molecule has 1 aromatic rings. The number of carbonyl (C=O) groups is 2. The summed E-state index contributed by atoms with van der Waals surface area (Å²) in [5.74, 6) is -0.554. The highest BCUT2D eigenvalue weighted by atomic mass is 16.4. The van der Waals surface area contributed by atoms with Crippen LogP contribution >= 0.6 is 0 Å². The van der Waals surface area contributed by atoms with Crippen molar-refractivity contribution >= 4 is 12.0 Å². The molecule has 1 unspecified atom stereocenters. The predicted octanol–water partition coefficient (Wildman–Crippen LogP) is -0.408. The Labute approximate surface area is 91.7 Å². The third-order valence-corrected chi connectivity index (χ3v) is 1.90. The van der Waals surface area contributed by atoms with E-state index in [1.165, 1.54) is 13.4 Å². The molecule has 2 amide bonds. The highest BCUT2D eigenvalue weighted by molar-refractivity contribution is 5.79. The van der Waals surface area contributed by atoms with Gasteiger partial charge in [0.25, 0.3) is 0 Å². The van der Waals surface area contributed by atoms with Crippen LogP contribution in [0.5, 0.6) is 0 Å². The van der Waals surface area contributed by atoms with Crippen molar-refractivity contribution in [3.63, 3.8) is 0 Å². The van der Waals surface area contributed by atoms with Crippen molar-refractivity contribution in [2.24, 2.45) is 0 Å². The smallest absolute Gasteiger partial charge is 0.323 e. The third-order valence-electron chi connectivity index (χ3n) is 1.90. The average Bonchev–Trinajstić information content (AvgIpc) is 2.68. The molecule has 3 N–H and O–H groups in total. The highest BCUT2D eigenvalue weighted by Gasteiger charge is 2.16. The van der Waals surface area contributed by atoms with Crippen LogP contribution in [-0.2, 0) is 4.79 Å². The molecule has 1 atom stereocenters. The van der Waals surface area contributed by atoms with Crippen molar-refractivity contribution in [1.82, 2.24) is 25.4 Å². The first kappa shape index (κ1) is 12.0. The zero-order valence-electron chi connectivity index (χ0n) is 8.97. The molecule has 0 aliphatic rings. The van der Waals surface area contributed by atoms with E-state index in [0.29, 0.717) is 5.82 Å². The lowest BCUT2D eigenvalue weighted by Gasteiger charge is -2.18. The van der Waals surface area contributed by atoms with Gasteiger partial charge in [-0.2, -0.15) is 5.10 Å². The normalized spacial score (nSPS) is 11.9. The minimum Gasteiger partial charge on any atom is -0.480 e. The van der Waals surface area contributed by atoms with Gasteiger partial charge >= 0.3 is 12.0 Å². The van der Waals surface area contributed by atoms with Crippen LogP contribution in [0.2, 0.25) is 0 Å². The summed E-state index contributed by atoms with van der Waals surface area (Å²) in [5.41, 5.74) is 0. The molecule has 1 heterocycles. The largest absolute Gasteiger partial charge is 0.480 e. The maximum absolute atomic E-state index is 11.5. The number of urea groups is 1. The van der Waals surface area contributed by atoms with Crippen LogP contribution in [-0.4, -0.2) is 50.8 Å². The number of aromatic nitrogens is 3. The van der Waals surface area contributed by atoms with Crippen molar-refractivity contribution in [3.8, 4) is 0 Å². The standard InChI is InChI=1S/C8H13N5O3/c1-5(7-9-4-10-12-7)11-8(16)13(2)3-6(14)15/h4-5H,3H2,1-2H3,(H,11,16)(H,14,15)(H,9,10,12). The first-order valence-corrected chi connectivity index (χ1v) is 4.59. The molecule has 8 heteroatoms. The van der Waals surface area contributed by atoms with Crippen molar-refractivity contribution in [2.45, 2.75) is 13.0 Å². The number of nitrogens with zero attached hydrogens (tertiary/aromatic N) is 3. The fourth-order valence-electron chi connectivity index (χ4n) is 1.06. The van der Waals surface area contributed by atoms with Crippen molar-refractivity contribution in [3.05, 3.63) is 12.2 Å². The maximum atomic E-state index is 11.5. The topological polar surface area (TPSA) is 111 Å². The zero-order chi connectivity index (χ0) is 12.1. The van der Waals surface area contributed by atoms with Crippen LogP contribution in [0.1, 0.15) is 18.8 Å². The Bertz CT molecular complexity index is 364. The number of amides is 2. The number of likely N-dealkylation sites (N-methyl/N-ethyl adjacent to an activating group) is 1. The second-order valence-electron chi connectivity index (χ2n) is 3.29. The van der Waals surface area contributed by atoms with E-state index in [9.17, 15) is 9.59 Å². The molecular formula is C8H13N5O3. The summed E-state index contributed by atoms with van der Waals surface area (Å²) in [5, 5.41) is 17.3. The van der Waals surface area contributed by atoms with Gasteiger partial charge in [-0.3, -0.25) is 9.89 Å². The summed E-state index contributed by atoms with van der Waals surface area (Å²) in [4.78, 5) is 26.8. The molecule has 0 saturated heterocycles. The van der Waals surface area contributed by atoms with Gasteiger partial charge in [0.15, 0.2) is 0 Å². The van der Waals surface area contributed by atoms with E-state index >= 15 is 0 Å². The Morgan fingerprint density at radius 3 is 2.88 bits per heavy atom. The number of nitrogens with one attached hydrogen (secondary N) is 2. The van der Waals surface area contributed by atoms with E-state index in [1.807, 2.05) is 0 Å². The van der Waals surface area contributed by atoms with Crippen LogP contribution < -0.4 is 5.32 Å². The first-order valence-electron chi connectivity index (χ1n) is 4.59. The number of aliphatic carboxylic acids is 1. The summed E-state index contributed by atoms with van der Waals surface area (Å²) >= 11 is 0. The summed E-state index contributed by atoms with van der Waals surface area (Å²) in [7, 11) is 1.40. The molecule has 1 rings (SSSR count). The zero-order valence-corrected chi connectivity index (χ0v) is 8.97. The summed E-state index contributed by atoms with van der Waals surface area (Å²) in [6.07, 6.45) is 1.33. The van der Waals surface area contributed by atoms with Gasteiger partial charge in [-0.05, 0) is 6.92 Å². The summed E-state index contributed by atoms with van der Waals surface area (Å²) < 4.78 is 0. The van der Waals surface area contributed by atoms with E-state index in [1.54, 1.807) is 6.92 Å². The fraction of sp³-hybridized carbons (Fsp3) is 0.500. The Kier molecular flexibility index (Phi) is 3.81. The molecule has 0 aromatic carbocycles. The Morgan fingerprint density at radius 2 is 2.38 bits per heavy atom. The Hall–Kier alpha value is -2.12. The molecule has 0 aliphatic heterocycles. The Morgan fingerprint density at radius 1 is 1.69 bits per heavy atom. The predicted molar refractivity (Wildman–Crippen MR) is 53.6 cm³/mol. The Balaban J connectivity index is 2.48. The lowest BCUT2D eigenvalue weighted by atomic mass is 10.3. The van der Waals surface area contributed by atoms with Crippen LogP contribution in [0.25, 0.3) is 0 Å². The lowest BCUT2D eigenvalue weighted by molar-refractivity contribution is -0.137. The summed E-state index contributed by atoms with van der Waals surface area (Å²) in [6.45, 7) is 1.36. The minimum atomic E-state index is -1.06. The molecule has 0 aliphatic carbocycles. The van der Waals surface area contributed by atoms with Crippen LogP contribution in [0.3, 0.4) is 0 Å². The van der Waals surface area contributed by atoms with Gasteiger partial charge in [-0.15, -0.1) is 0 Å². The number of carbonyl (C=O) groups excluding carboxylic acids is 1. The van der Waals surface area contributed by atoms with Gasteiger partial charge in [-0.25, -0.2) is 9.78 Å². The van der Waals surface area contributed by atoms with Crippen LogP contribution in [0.4, 0.5) is 4.79 Å². The molecule has 0 spiro atoms. The molecule has 16 heavy (non-hydrogen) atoms. The van der Waals surface area contributed by atoms with Crippen molar-refractivity contribution in [1.29, 1.82) is 0 Å². The van der Waals surface area contributed by atoms with Gasteiger partial charge in [-0.1, -0.05) is 0 Å². The van der Waals surface area contributed by atoms with Crippen LogP contribution in [0, 0.1) is 0 Å². The number of hydrogen-bond acceptors (Lipinski definition) is 4. The molecule has 0 saturated carbocycles. The fourth-order valence-corrected chi connectivity index (χ4v) is 1.06. The van der Waals surface area contributed by atoms with E-state index in [-0.39, 0.29) is 12.6 Å². The average molecular weight is 227 g/mol. The molecule has 0 fully saturated rings. The van der Waals surface area contributed by atoms with Gasteiger partial charge in [0, 0.05) is 7.05 Å². The highest BCUT2D eigenvalue weighted by Crippen LogP contribution is 2.04. The molecule has 88 valence electrons. The van der Waals surface area contributed by atoms with E-state index < -0.39 is 12.0 Å². The van der Waals surface area contributed by atoms with Crippen molar-refractivity contribution < 1.29 is 14.7 Å². The maximum Gasteiger partial charge on any atom is 0.323 e. The number of aromatic amines is 1. The number of carboxylic acid groups (broad SMARTS) is 1. The van der Waals surface area contributed by atoms with Gasteiger partial charge < -0.3 is 15.3 Å². The second kappa shape index (κ2) is 5.10. The number of rotatable bonds is 4. The molecule has 8 nitrogen and oxygen atoms in total. The minimum absolute atomic E-state index is 0.352. The number of carboxylic acids is 1. The van der Waals surface area contributed by atoms with Crippen LogP contribution in [0.15, 0.2) is 6.33 Å². The van der Waals surface area contributed by atoms with Gasteiger partial charge in [0.05, 0.1) is 6.04 Å². The second-order valence-corrected chi connectivity index (χ2v) is 3.29. The van der Waals surface area contributed by atoms with Gasteiger partial charge in [0.1, 0.15) is 18.7 Å². The first-order chi connectivity index (χ1) is 7.50. The SMILES string of the molecule is CC(NC(=O)N(C)CC(=O)O)c1ncn[nH]1. The summed E-state index contributed by atoms with van der Waals surface area (Å²) in [6, 6.07) is -0.836. The molecule has 0 bridgehead atoms. The molecule has 1 aromatic heterocycles.